The molecule has 1 aromatic rings. The molecule has 4 N–H and O–H groups in total. The van der Waals surface area contributed by atoms with Crippen LogP contribution in [0.4, 0.5) is 10.5 Å². The lowest BCUT2D eigenvalue weighted by Crippen LogP contribution is -2.30. The van der Waals surface area contributed by atoms with Crippen LogP contribution in [0.25, 0.3) is 0 Å². The number of methoxy groups -OCH3 is 1. The largest absolute Gasteiger partial charge is 0.495 e. The molecule has 0 spiro atoms. The van der Waals surface area contributed by atoms with Crippen molar-refractivity contribution >= 4 is 28.9 Å². The van der Waals surface area contributed by atoms with Gasteiger partial charge in [0, 0.05) is 6.54 Å². The average molecular weight is 267 g/mol. The van der Waals surface area contributed by atoms with Crippen molar-refractivity contribution in [2.24, 2.45) is 5.73 Å². The molecule has 0 aliphatic carbocycles. The highest BCUT2D eigenvalue weighted by atomic mass is 32.1. The third kappa shape index (κ3) is 5.01. The zero-order chi connectivity index (χ0) is 13.4. The highest BCUT2D eigenvalue weighted by molar-refractivity contribution is 7.80. The van der Waals surface area contributed by atoms with Crippen molar-refractivity contribution in [1.29, 1.82) is 0 Å². The minimum Gasteiger partial charge on any atom is -0.495 e. The lowest BCUT2D eigenvalue weighted by molar-refractivity contribution is 0.252. The van der Waals surface area contributed by atoms with E-state index in [0.29, 0.717) is 29.4 Å². The summed E-state index contributed by atoms with van der Waals surface area (Å²) in [5.41, 5.74) is 5.99. The zero-order valence-electron chi connectivity index (χ0n) is 10.2. The molecule has 0 fully saturated rings. The summed E-state index contributed by atoms with van der Waals surface area (Å²) in [6, 6.07) is 6.94. The van der Waals surface area contributed by atoms with Crippen molar-refractivity contribution < 1.29 is 9.53 Å². The van der Waals surface area contributed by atoms with Crippen LogP contribution in [0.15, 0.2) is 24.3 Å². The number of para-hydroxylation sites is 2. The van der Waals surface area contributed by atoms with Gasteiger partial charge >= 0.3 is 6.03 Å². The minimum absolute atomic E-state index is 0.276. The lowest BCUT2D eigenvalue weighted by Gasteiger charge is -2.10. The van der Waals surface area contributed by atoms with E-state index in [0.717, 1.165) is 6.42 Å². The predicted octanol–water partition coefficient (Wildman–Crippen LogP) is 1.88. The summed E-state index contributed by atoms with van der Waals surface area (Å²) < 4.78 is 5.13. The van der Waals surface area contributed by atoms with Gasteiger partial charge in [0.15, 0.2) is 0 Å². The number of nitrogens with two attached hydrogens (primary N) is 1. The number of urea groups is 1. The van der Waals surface area contributed by atoms with Crippen LogP contribution in [0.3, 0.4) is 0 Å². The molecule has 2 amide bonds. The number of amides is 2. The Balaban J connectivity index is 2.37. The number of ether oxygens (including phenoxy) is 1. The maximum Gasteiger partial charge on any atom is 0.319 e. The fourth-order valence-corrected chi connectivity index (χ4v) is 1.52. The van der Waals surface area contributed by atoms with Gasteiger partial charge in [0.1, 0.15) is 5.75 Å². The Morgan fingerprint density at radius 3 is 2.83 bits per heavy atom. The summed E-state index contributed by atoms with van der Waals surface area (Å²) >= 11 is 4.75. The van der Waals surface area contributed by atoms with Crippen molar-refractivity contribution in [2.45, 2.75) is 12.8 Å². The molecular weight excluding hydrogens is 250 g/mol. The van der Waals surface area contributed by atoms with E-state index in [2.05, 4.69) is 10.6 Å². The highest BCUT2D eigenvalue weighted by Gasteiger charge is 2.05. The molecule has 0 atom stereocenters. The average Bonchev–Trinajstić information content (AvgIpc) is 2.35. The number of thiocarbonyl (C=S) groups is 1. The third-order valence-corrected chi connectivity index (χ3v) is 2.44. The van der Waals surface area contributed by atoms with Gasteiger partial charge in [-0.15, -0.1) is 0 Å². The zero-order valence-corrected chi connectivity index (χ0v) is 11.0. The van der Waals surface area contributed by atoms with E-state index in [1.54, 1.807) is 19.2 Å². The predicted molar refractivity (Wildman–Crippen MR) is 76.0 cm³/mol. The van der Waals surface area contributed by atoms with E-state index in [1.165, 1.54) is 0 Å². The molecule has 0 unspecified atom stereocenters. The smallest absolute Gasteiger partial charge is 0.319 e. The van der Waals surface area contributed by atoms with Gasteiger partial charge in [-0.25, -0.2) is 4.79 Å². The summed E-state index contributed by atoms with van der Waals surface area (Å²) in [5, 5.41) is 5.43. The first-order valence-electron chi connectivity index (χ1n) is 5.59. The number of hydrogen-bond donors (Lipinski definition) is 3. The van der Waals surface area contributed by atoms with Gasteiger partial charge in [-0.3, -0.25) is 0 Å². The third-order valence-electron chi connectivity index (χ3n) is 2.24. The van der Waals surface area contributed by atoms with Gasteiger partial charge in [-0.05, 0) is 25.0 Å². The Morgan fingerprint density at radius 1 is 1.44 bits per heavy atom. The molecule has 0 bridgehead atoms. The molecular formula is C12H17N3O2S. The molecule has 0 aromatic heterocycles. The quantitative estimate of drug-likeness (QED) is 0.543. The van der Waals surface area contributed by atoms with E-state index in [9.17, 15) is 4.79 Å². The van der Waals surface area contributed by atoms with E-state index in [1.807, 2.05) is 12.1 Å². The lowest BCUT2D eigenvalue weighted by atomic mass is 10.3. The second-order valence-electron chi connectivity index (χ2n) is 3.65. The summed E-state index contributed by atoms with van der Waals surface area (Å²) in [7, 11) is 1.56. The molecule has 1 rings (SSSR count). The van der Waals surface area contributed by atoms with Crippen molar-refractivity contribution in [1.82, 2.24) is 5.32 Å². The summed E-state index contributed by atoms with van der Waals surface area (Å²) in [5.74, 6) is 0.621. The van der Waals surface area contributed by atoms with Gasteiger partial charge < -0.3 is 21.1 Å². The Bertz CT molecular complexity index is 424. The Kier molecular flexibility index (Phi) is 5.93. The Hall–Kier alpha value is -1.82. The fourth-order valence-electron chi connectivity index (χ4n) is 1.38. The van der Waals surface area contributed by atoms with Gasteiger partial charge in [-0.1, -0.05) is 24.4 Å². The summed E-state index contributed by atoms with van der Waals surface area (Å²) in [4.78, 5) is 12.0. The Labute approximate surface area is 112 Å². The van der Waals surface area contributed by atoms with E-state index in [4.69, 9.17) is 22.7 Å². The van der Waals surface area contributed by atoms with Crippen LogP contribution in [0, 0.1) is 0 Å². The first-order chi connectivity index (χ1) is 8.63. The number of carbonyl (C=O) groups excluding carboxylic acids is 1. The topological polar surface area (TPSA) is 76.4 Å². The van der Waals surface area contributed by atoms with Crippen LogP contribution in [0.2, 0.25) is 0 Å². The molecule has 98 valence electrons. The number of anilines is 1. The number of benzene rings is 1. The molecule has 18 heavy (non-hydrogen) atoms. The molecule has 5 nitrogen and oxygen atoms in total. The van der Waals surface area contributed by atoms with Crippen LogP contribution in [-0.2, 0) is 0 Å². The number of hydrogen-bond acceptors (Lipinski definition) is 3. The second-order valence-corrected chi connectivity index (χ2v) is 4.18. The highest BCUT2D eigenvalue weighted by Crippen LogP contribution is 2.22. The molecule has 0 aliphatic rings. The summed E-state index contributed by atoms with van der Waals surface area (Å²) in [6.45, 7) is 0.526. The molecule has 0 radical (unpaired) electrons. The first-order valence-corrected chi connectivity index (χ1v) is 6.00. The molecule has 0 heterocycles. The Morgan fingerprint density at radius 2 is 2.17 bits per heavy atom. The van der Waals surface area contributed by atoms with Gasteiger partial charge in [0.05, 0.1) is 17.8 Å². The number of nitrogens with one attached hydrogen (secondary N) is 2. The van der Waals surface area contributed by atoms with Crippen LogP contribution in [-0.4, -0.2) is 24.7 Å². The van der Waals surface area contributed by atoms with E-state index < -0.39 is 0 Å². The van der Waals surface area contributed by atoms with E-state index >= 15 is 0 Å². The number of rotatable bonds is 6. The van der Waals surface area contributed by atoms with Crippen molar-refractivity contribution in [3.63, 3.8) is 0 Å². The van der Waals surface area contributed by atoms with Crippen molar-refractivity contribution in [3.05, 3.63) is 24.3 Å². The van der Waals surface area contributed by atoms with Crippen LogP contribution >= 0.6 is 12.2 Å². The molecule has 6 heteroatoms. The van der Waals surface area contributed by atoms with Crippen molar-refractivity contribution in [3.8, 4) is 5.75 Å². The van der Waals surface area contributed by atoms with Crippen LogP contribution in [0.1, 0.15) is 12.8 Å². The first kappa shape index (κ1) is 14.2. The van der Waals surface area contributed by atoms with E-state index in [-0.39, 0.29) is 6.03 Å². The maximum atomic E-state index is 11.6. The molecule has 0 saturated carbocycles. The van der Waals surface area contributed by atoms with Gasteiger partial charge in [0.25, 0.3) is 0 Å². The SMILES string of the molecule is COc1ccccc1NC(=O)NCCCC(N)=S. The van der Waals surface area contributed by atoms with Gasteiger partial charge in [0.2, 0.25) is 0 Å². The van der Waals surface area contributed by atoms with Crippen LogP contribution < -0.4 is 21.1 Å². The molecule has 0 aliphatic heterocycles. The minimum atomic E-state index is -0.276. The van der Waals surface area contributed by atoms with Crippen molar-refractivity contribution in [2.75, 3.05) is 19.0 Å². The van der Waals surface area contributed by atoms with Gasteiger partial charge in [-0.2, -0.15) is 0 Å². The monoisotopic (exact) mass is 267 g/mol. The van der Waals surface area contributed by atoms with Crippen LogP contribution in [0.5, 0.6) is 5.75 Å². The maximum absolute atomic E-state index is 11.6. The molecule has 1 aromatic carbocycles. The normalized spacial score (nSPS) is 9.61. The second kappa shape index (κ2) is 7.50. The number of carbonyl (C=O) groups is 1. The summed E-state index contributed by atoms with van der Waals surface area (Å²) in [6.07, 6.45) is 1.36. The molecule has 0 saturated heterocycles. The standard InChI is InChI=1S/C12H17N3O2S/c1-17-10-6-3-2-5-9(10)15-12(16)14-8-4-7-11(13)18/h2-3,5-6H,4,7-8H2,1H3,(H2,13,18)(H2,14,15,16). The fraction of sp³-hybridized carbons (Fsp3) is 0.333.